The molecule has 2 aromatic rings. The van der Waals surface area contributed by atoms with Crippen LogP contribution in [-0.4, -0.2) is 23.6 Å². The van der Waals surface area contributed by atoms with Crippen molar-refractivity contribution in [2.75, 3.05) is 7.11 Å². The van der Waals surface area contributed by atoms with Gasteiger partial charge in [0.1, 0.15) is 11.4 Å². The zero-order valence-electron chi connectivity index (χ0n) is 12.3. The maximum atomic E-state index is 11.7. The van der Waals surface area contributed by atoms with Gasteiger partial charge in [-0.3, -0.25) is 4.79 Å². The SMILES string of the molecule is COc1ccc2ccccc2c1C(C)C(C)(O)C(C)=O. The number of ether oxygens (including phenoxy) is 1. The van der Waals surface area contributed by atoms with Crippen LogP contribution < -0.4 is 4.74 Å². The quantitative estimate of drug-likeness (QED) is 0.929. The van der Waals surface area contributed by atoms with Gasteiger partial charge in [-0.1, -0.05) is 37.3 Å². The standard InChI is InChI=1S/C17H20O3/c1-11(17(3,19)12(2)18)16-14-8-6-5-7-13(14)9-10-15(16)20-4/h5-11,19H,1-4H3. The second-order valence-electron chi connectivity index (χ2n) is 5.33. The molecule has 0 fully saturated rings. The summed E-state index contributed by atoms with van der Waals surface area (Å²) < 4.78 is 5.43. The van der Waals surface area contributed by atoms with E-state index in [0.717, 1.165) is 16.3 Å². The molecule has 3 nitrogen and oxygen atoms in total. The predicted molar refractivity (Wildman–Crippen MR) is 80.2 cm³/mol. The summed E-state index contributed by atoms with van der Waals surface area (Å²) in [5.74, 6) is 0.0822. The van der Waals surface area contributed by atoms with E-state index in [9.17, 15) is 9.90 Å². The molecule has 2 aromatic carbocycles. The highest BCUT2D eigenvalue weighted by Gasteiger charge is 2.36. The van der Waals surface area contributed by atoms with Crippen LogP contribution in [-0.2, 0) is 4.79 Å². The minimum absolute atomic E-state index is 0.250. The van der Waals surface area contributed by atoms with E-state index in [1.807, 2.05) is 43.3 Å². The first-order valence-corrected chi connectivity index (χ1v) is 6.68. The fourth-order valence-electron chi connectivity index (χ4n) is 2.49. The number of benzene rings is 2. The van der Waals surface area contributed by atoms with Gasteiger partial charge in [-0.05, 0) is 30.7 Å². The first-order valence-electron chi connectivity index (χ1n) is 6.68. The lowest BCUT2D eigenvalue weighted by molar-refractivity contribution is -0.135. The summed E-state index contributed by atoms with van der Waals surface area (Å²) in [4.78, 5) is 11.7. The first kappa shape index (κ1) is 14.5. The summed E-state index contributed by atoms with van der Waals surface area (Å²) in [6.07, 6.45) is 0. The minimum atomic E-state index is -1.42. The normalized spacial score (nSPS) is 15.7. The number of aliphatic hydroxyl groups is 1. The van der Waals surface area contributed by atoms with Crippen LogP contribution >= 0.6 is 0 Å². The Bertz CT molecular complexity index is 644. The van der Waals surface area contributed by atoms with Gasteiger partial charge in [0.15, 0.2) is 5.78 Å². The van der Waals surface area contributed by atoms with Gasteiger partial charge in [-0.25, -0.2) is 0 Å². The van der Waals surface area contributed by atoms with Crippen molar-refractivity contribution in [1.82, 2.24) is 0 Å². The molecule has 0 bridgehead atoms. The van der Waals surface area contributed by atoms with Crippen LogP contribution in [0.4, 0.5) is 0 Å². The molecule has 2 atom stereocenters. The fraction of sp³-hybridized carbons (Fsp3) is 0.353. The monoisotopic (exact) mass is 272 g/mol. The van der Waals surface area contributed by atoms with Gasteiger partial charge in [-0.15, -0.1) is 0 Å². The summed E-state index contributed by atoms with van der Waals surface area (Å²) in [5, 5.41) is 12.6. The molecule has 0 aromatic heterocycles. The van der Waals surface area contributed by atoms with Crippen LogP contribution in [0.15, 0.2) is 36.4 Å². The second kappa shape index (κ2) is 5.25. The number of methoxy groups -OCH3 is 1. The number of carbonyl (C=O) groups is 1. The maximum Gasteiger partial charge on any atom is 0.161 e. The lowest BCUT2D eigenvalue weighted by atomic mass is 9.80. The molecule has 0 amide bonds. The average molecular weight is 272 g/mol. The van der Waals surface area contributed by atoms with Crippen LogP contribution in [0.1, 0.15) is 32.3 Å². The average Bonchev–Trinajstić information content (AvgIpc) is 2.44. The molecule has 106 valence electrons. The Morgan fingerprint density at radius 2 is 1.90 bits per heavy atom. The van der Waals surface area contributed by atoms with Gasteiger partial charge in [0.25, 0.3) is 0 Å². The Labute approximate surface area is 119 Å². The highest BCUT2D eigenvalue weighted by molar-refractivity contribution is 5.91. The molecule has 0 saturated carbocycles. The first-order chi connectivity index (χ1) is 9.39. The summed E-state index contributed by atoms with van der Waals surface area (Å²) in [5.41, 5.74) is -0.553. The van der Waals surface area contributed by atoms with Crippen molar-refractivity contribution in [3.63, 3.8) is 0 Å². The van der Waals surface area contributed by atoms with Crippen molar-refractivity contribution in [2.24, 2.45) is 0 Å². The largest absolute Gasteiger partial charge is 0.496 e. The number of hydrogen-bond acceptors (Lipinski definition) is 3. The predicted octanol–water partition coefficient (Wildman–Crippen LogP) is 3.29. The third kappa shape index (κ3) is 2.29. The van der Waals surface area contributed by atoms with E-state index < -0.39 is 5.60 Å². The molecule has 3 heteroatoms. The van der Waals surface area contributed by atoms with Gasteiger partial charge >= 0.3 is 0 Å². The molecule has 1 N–H and O–H groups in total. The van der Waals surface area contributed by atoms with Crippen LogP contribution in [0.3, 0.4) is 0 Å². The minimum Gasteiger partial charge on any atom is -0.496 e. The lowest BCUT2D eigenvalue weighted by Crippen LogP contribution is -2.38. The molecule has 2 unspecified atom stereocenters. The smallest absolute Gasteiger partial charge is 0.161 e. The fourth-order valence-corrected chi connectivity index (χ4v) is 2.49. The van der Waals surface area contributed by atoms with Crippen molar-refractivity contribution in [2.45, 2.75) is 32.3 Å². The van der Waals surface area contributed by atoms with Gasteiger partial charge in [0, 0.05) is 11.5 Å². The Morgan fingerprint density at radius 1 is 1.25 bits per heavy atom. The van der Waals surface area contributed by atoms with Crippen LogP contribution in [0.2, 0.25) is 0 Å². The number of carbonyl (C=O) groups excluding carboxylic acids is 1. The van der Waals surface area contributed by atoms with Crippen molar-refractivity contribution in [3.05, 3.63) is 42.0 Å². The molecule has 0 aliphatic carbocycles. The van der Waals surface area contributed by atoms with Crippen LogP contribution in [0.25, 0.3) is 10.8 Å². The van der Waals surface area contributed by atoms with Crippen LogP contribution in [0, 0.1) is 0 Å². The van der Waals surface area contributed by atoms with Gasteiger partial charge < -0.3 is 9.84 Å². The summed E-state index contributed by atoms with van der Waals surface area (Å²) >= 11 is 0. The molecule has 2 rings (SSSR count). The molecule has 0 heterocycles. The zero-order valence-corrected chi connectivity index (χ0v) is 12.3. The Morgan fingerprint density at radius 3 is 2.50 bits per heavy atom. The molecule has 20 heavy (non-hydrogen) atoms. The third-order valence-electron chi connectivity index (χ3n) is 4.14. The van der Waals surface area contributed by atoms with Gasteiger partial charge in [0.05, 0.1) is 7.11 Å². The third-order valence-corrected chi connectivity index (χ3v) is 4.14. The van der Waals surface area contributed by atoms with Crippen molar-refractivity contribution in [1.29, 1.82) is 0 Å². The molecule has 0 aliphatic heterocycles. The van der Waals surface area contributed by atoms with E-state index in [1.54, 1.807) is 14.0 Å². The van der Waals surface area contributed by atoms with E-state index in [1.165, 1.54) is 6.92 Å². The van der Waals surface area contributed by atoms with E-state index in [2.05, 4.69) is 0 Å². The maximum absolute atomic E-state index is 11.7. The molecule has 0 aliphatic rings. The highest BCUT2D eigenvalue weighted by Crippen LogP contribution is 2.39. The van der Waals surface area contributed by atoms with Gasteiger partial charge in [0.2, 0.25) is 0 Å². The second-order valence-corrected chi connectivity index (χ2v) is 5.33. The van der Waals surface area contributed by atoms with E-state index in [-0.39, 0.29) is 11.7 Å². The number of Topliss-reactive ketones (excluding diaryl/α,β-unsaturated/α-hetero) is 1. The summed E-state index contributed by atoms with van der Waals surface area (Å²) in [6.45, 7) is 4.82. The van der Waals surface area contributed by atoms with E-state index in [0.29, 0.717) is 5.75 Å². The van der Waals surface area contributed by atoms with Crippen molar-refractivity contribution < 1.29 is 14.6 Å². The van der Waals surface area contributed by atoms with E-state index in [4.69, 9.17) is 4.74 Å². The summed E-state index contributed by atoms with van der Waals surface area (Å²) in [7, 11) is 1.60. The Balaban J connectivity index is 2.71. The molecular formula is C17H20O3. The molecule has 0 saturated heterocycles. The molecule has 0 spiro atoms. The van der Waals surface area contributed by atoms with Crippen molar-refractivity contribution in [3.8, 4) is 5.75 Å². The number of ketones is 1. The van der Waals surface area contributed by atoms with Gasteiger partial charge in [-0.2, -0.15) is 0 Å². The summed E-state index contributed by atoms with van der Waals surface area (Å²) in [6, 6.07) is 11.8. The molecule has 0 radical (unpaired) electrons. The van der Waals surface area contributed by atoms with E-state index >= 15 is 0 Å². The van der Waals surface area contributed by atoms with Crippen LogP contribution in [0.5, 0.6) is 5.75 Å². The zero-order chi connectivity index (χ0) is 14.9. The molecular weight excluding hydrogens is 252 g/mol. The Kier molecular flexibility index (Phi) is 3.82. The topological polar surface area (TPSA) is 46.5 Å². The Hall–Kier alpha value is -1.87. The number of fused-ring (bicyclic) bond motifs is 1. The number of hydrogen-bond donors (Lipinski definition) is 1. The van der Waals surface area contributed by atoms with Crippen molar-refractivity contribution >= 4 is 16.6 Å². The highest BCUT2D eigenvalue weighted by atomic mass is 16.5. The lowest BCUT2D eigenvalue weighted by Gasteiger charge is -2.30. The number of rotatable bonds is 4.